The number of hydrogen-bond donors (Lipinski definition) is 1. The molecule has 0 radical (unpaired) electrons. The Morgan fingerprint density at radius 3 is 2.68 bits per heavy atom. The maximum absolute atomic E-state index is 13.3. The van der Waals surface area contributed by atoms with Crippen LogP contribution < -0.4 is 0 Å². The molecular weight excluding hydrogens is 347 g/mol. The predicted molar refractivity (Wildman–Crippen MR) is 88.0 cm³/mol. The summed E-state index contributed by atoms with van der Waals surface area (Å²) in [4.78, 5) is 0. The molecule has 2 aromatic carbocycles. The number of aliphatic hydroxyl groups excluding tert-OH is 1. The number of rotatable bonds is 3. The minimum Gasteiger partial charge on any atom is -0.368 e. The Morgan fingerprint density at radius 2 is 1.95 bits per heavy atom. The van der Waals surface area contributed by atoms with Gasteiger partial charge in [-0.25, -0.2) is 4.39 Å². The summed E-state index contributed by atoms with van der Waals surface area (Å²) in [5, 5.41) is 16.7. The predicted octanol–water partition coefficient (Wildman–Crippen LogP) is 4.08. The zero-order valence-electron chi connectivity index (χ0n) is 11.9. The first-order chi connectivity index (χ1) is 10.6. The van der Waals surface area contributed by atoms with Crippen LogP contribution >= 0.6 is 15.9 Å². The largest absolute Gasteiger partial charge is 0.368 e. The van der Waals surface area contributed by atoms with Gasteiger partial charge in [0.05, 0.1) is 10.2 Å². The monoisotopic (exact) mass is 362 g/mol. The van der Waals surface area contributed by atoms with Crippen molar-refractivity contribution < 1.29 is 9.50 Å². The highest BCUT2D eigenvalue weighted by molar-refractivity contribution is 9.10. The summed E-state index contributed by atoms with van der Waals surface area (Å²) in [5.41, 5.74) is 2.65. The van der Waals surface area contributed by atoms with E-state index < -0.39 is 6.23 Å². The first kappa shape index (κ1) is 15.2. The summed E-state index contributed by atoms with van der Waals surface area (Å²) in [5.74, 6) is -0.344. The molecule has 0 bridgehead atoms. The molecule has 0 amide bonds. The van der Waals surface area contributed by atoms with Crippen molar-refractivity contribution >= 4 is 21.6 Å². The molecule has 1 N–H and O–H groups in total. The molecule has 2 aromatic rings. The van der Waals surface area contributed by atoms with Gasteiger partial charge in [0, 0.05) is 12.1 Å². The Hall–Kier alpha value is -1.72. The van der Waals surface area contributed by atoms with Gasteiger partial charge in [-0.05, 0) is 46.5 Å². The third kappa shape index (κ3) is 3.20. The third-order valence-electron chi connectivity index (χ3n) is 3.68. The molecule has 5 heteroatoms. The second kappa shape index (κ2) is 6.58. The summed E-state index contributed by atoms with van der Waals surface area (Å²) in [7, 11) is 0. The van der Waals surface area contributed by atoms with Crippen LogP contribution in [0.1, 0.15) is 30.2 Å². The van der Waals surface area contributed by atoms with Crippen molar-refractivity contribution in [2.24, 2.45) is 5.10 Å². The highest BCUT2D eigenvalue weighted by Gasteiger charge is 2.21. The van der Waals surface area contributed by atoms with Crippen molar-refractivity contribution in [3.05, 3.63) is 69.9 Å². The lowest BCUT2D eigenvalue weighted by molar-refractivity contribution is -0.000529. The van der Waals surface area contributed by atoms with Crippen LogP contribution in [0.4, 0.5) is 4.39 Å². The van der Waals surface area contributed by atoms with E-state index in [2.05, 4.69) is 21.0 Å². The van der Waals surface area contributed by atoms with Crippen LogP contribution in [0.25, 0.3) is 0 Å². The van der Waals surface area contributed by atoms with Crippen LogP contribution in [0.15, 0.2) is 58.1 Å². The van der Waals surface area contributed by atoms with Crippen molar-refractivity contribution in [2.45, 2.75) is 19.1 Å². The second-order valence-electron chi connectivity index (χ2n) is 5.23. The van der Waals surface area contributed by atoms with E-state index in [-0.39, 0.29) is 5.82 Å². The highest BCUT2D eigenvalue weighted by Crippen LogP contribution is 2.26. The van der Waals surface area contributed by atoms with E-state index in [9.17, 15) is 9.50 Å². The number of hydrazone groups is 1. The number of halogens is 2. The van der Waals surface area contributed by atoms with Crippen LogP contribution in [0, 0.1) is 5.82 Å². The Kier molecular flexibility index (Phi) is 4.55. The number of nitrogens with zero attached hydrogens (tertiary/aromatic N) is 2. The topological polar surface area (TPSA) is 35.8 Å². The smallest absolute Gasteiger partial charge is 0.168 e. The van der Waals surface area contributed by atoms with Crippen LogP contribution in [-0.2, 0) is 0 Å². The van der Waals surface area contributed by atoms with Crippen molar-refractivity contribution in [1.82, 2.24) is 5.01 Å². The molecule has 1 atom stereocenters. The lowest BCUT2D eigenvalue weighted by Crippen LogP contribution is -2.30. The quantitative estimate of drug-likeness (QED) is 0.892. The van der Waals surface area contributed by atoms with E-state index in [0.717, 1.165) is 24.1 Å². The molecule has 1 aliphatic heterocycles. The van der Waals surface area contributed by atoms with Gasteiger partial charge < -0.3 is 5.11 Å². The molecule has 0 saturated heterocycles. The molecule has 22 heavy (non-hydrogen) atoms. The van der Waals surface area contributed by atoms with Crippen LogP contribution in [0.3, 0.4) is 0 Å². The van der Waals surface area contributed by atoms with Crippen LogP contribution in [-0.4, -0.2) is 22.4 Å². The van der Waals surface area contributed by atoms with Crippen LogP contribution in [0.5, 0.6) is 0 Å². The standard InChI is InChI=1S/C17H16BrFN2O/c18-14-11-13(8-9-15(14)19)17(22)21-10-4-7-16(20-21)12-5-2-1-3-6-12/h1-3,5-6,8-9,11,17,22H,4,7,10H2. The molecular formula is C17H16BrFN2O. The van der Waals surface area contributed by atoms with Gasteiger partial charge in [-0.2, -0.15) is 5.10 Å². The molecule has 1 unspecified atom stereocenters. The minimum absolute atomic E-state index is 0.341. The van der Waals surface area contributed by atoms with Crippen molar-refractivity contribution in [2.75, 3.05) is 6.54 Å². The molecule has 3 rings (SSSR count). The SMILES string of the molecule is OC(c1ccc(F)c(Br)c1)N1CCCC(c2ccccc2)=N1. The zero-order valence-corrected chi connectivity index (χ0v) is 13.5. The first-order valence-corrected chi connectivity index (χ1v) is 7.97. The van der Waals surface area contributed by atoms with E-state index in [1.165, 1.54) is 6.07 Å². The molecule has 0 fully saturated rings. The lowest BCUT2D eigenvalue weighted by atomic mass is 10.0. The van der Waals surface area contributed by atoms with Gasteiger partial charge in [0.2, 0.25) is 0 Å². The van der Waals surface area contributed by atoms with Gasteiger partial charge in [0.25, 0.3) is 0 Å². The Labute approximate surface area is 137 Å². The number of hydrogen-bond acceptors (Lipinski definition) is 3. The summed E-state index contributed by atoms with van der Waals surface area (Å²) in [6, 6.07) is 14.5. The van der Waals surface area contributed by atoms with Crippen LogP contribution in [0.2, 0.25) is 0 Å². The summed E-state index contributed by atoms with van der Waals surface area (Å²) < 4.78 is 13.7. The fraction of sp³-hybridized carbons (Fsp3) is 0.235. The molecule has 0 aromatic heterocycles. The summed E-state index contributed by atoms with van der Waals surface area (Å²) in [6.07, 6.45) is 0.934. The van der Waals surface area contributed by atoms with Gasteiger partial charge in [-0.15, -0.1) is 0 Å². The Balaban J connectivity index is 1.86. The molecule has 0 saturated carbocycles. The summed E-state index contributed by atoms with van der Waals surface area (Å²) in [6.45, 7) is 0.673. The van der Waals surface area contributed by atoms with E-state index in [1.54, 1.807) is 17.1 Å². The molecule has 114 valence electrons. The number of benzene rings is 2. The third-order valence-corrected chi connectivity index (χ3v) is 4.29. The van der Waals surface area contributed by atoms with Gasteiger partial charge >= 0.3 is 0 Å². The van der Waals surface area contributed by atoms with Gasteiger partial charge in [0.15, 0.2) is 6.23 Å². The fourth-order valence-corrected chi connectivity index (χ4v) is 2.91. The van der Waals surface area contributed by atoms with Crippen molar-refractivity contribution in [3.8, 4) is 0 Å². The normalized spacial score (nSPS) is 16.3. The van der Waals surface area contributed by atoms with E-state index in [0.29, 0.717) is 16.6 Å². The molecule has 0 spiro atoms. The lowest BCUT2D eigenvalue weighted by Gasteiger charge is -2.30. The molecule has 3 nitrogen and oxygen atoms in total. The first-order valence-electron chi connectivity index (χ1n) is 7.18. The second-order valence-corrected chi connectivity index (χ2v) is 6.08. The fourth-order valence-electron chi connectivity index (χ4n) is 2.52. The Morgan fingerprint density at radius 1 is 1.18 bits per heavy atom. The maximum atomic E-state index is 13.3. The van der Waals surface area contributed by atoms with E-state index in [1.807, 2.05) is 30.3 Å². The van der Waals surface area contributed by atoms with Gasteiger partial charge in [0.1, 0.15) is 5.82 Å². The van der Waals surface area contributed by atoms with Gasteiger partial charge in [-0.3, -0.25) is 5.01 Å². The average Bonchev–Trinajstić information content (AvgIpc) is 2.57. The average molecular weight is 363 g/mol. The highest BCUT2D eigenvalue weighted by atomic mass is 79.9. The minimum atomic E-state index is -0.879. The zero-order chi connectivity index (χ0) is 15.5. The van der Waals surface area contributed by atoms with E-state index >= 15 is 0 Å². The molecule has 1 heterocycles. The Bertz CT molecular complexity index is 690. The van der Waals surface area contributed by atoms with Crippen molar-refractivity contribution in [1.29, 1.82) is 0 Å². The molecule has 0 aliphatic carbocycles. The van der Waals surface area contributed by atoms with Crippen molar-refractivity contribution in [3.63, 3.8) is 0 Å². The van der Waals surface area contributed by atoms with Gasteiger partial charge in [-0.1, -0.05) is 36.4 Å². The molecule has 1 aliphatic rings. The summed E-state index contributed by atoms with van der Waals surface area (Å²) >= 11 is 3.15. The number of aliphatic hydroxyl groups is 1. The maximum Gasteiger partial charge on any atom is 0.168 e. The van der Waals surface area contributed by atoms with E-state index in [4.69, 9.17) is 0 Å².